The highest BCUT2D eigenvalue weighted by Crippen LogP contribution is 2.36. The molecule has 0 aliphatic carbocycles. The summed E-state index contributed by atoms with van der Waals surface area (Å²) in [6, 6.07) is 17.1. The van der Waals surface area contributed by atoms with Crippen molar-refractivity contribution < 1.29 is 14.1 Å². The SMILES string of the molecule is Cc1ccc(-n2nc(C(C)(C)C)cc2NC(=O)Nc2cccc(C(C(=O)c3cnoc3C)C3CCNCC3)c2)cc1. The molecule has 1 saturated heterocycles. The number of aryl methyl sites for hydroxylation is 2. The van der Waals surface area contributed by atoms with E-state index in [0.717, 1.165) is 48.4 Å². The molecule has 9 nitrogen and oxygen atoms in total. The molecule has 0 radical (unpaired) electrons. The molecule has 0 spiro atoms. The van der Waals surface area contributed by atoms with E-state index in [4.69, 9.17) is 9.62 Å². The molecule has 0 saturated carbocycles. The normalized spacial score (nSPS) is 15.0. The number of benzene rings is 2. The van der Waals surface area contributed by atoms with Gasteiger partial charge in [0.15, 0.2) is 5.78 Å². The molecular weight excluding hydrogens is 516 g/mol. The smallest absolute Gasteiger partial charge is 0.324 e. The minimum atomic E-state index is -0.393. The fraction of sp³-hybridized carbons (Fsp3) is 0.375. The number of carbonyl (C=O) groups is 2. The third kappa shape index (κ3) is 6.41. The summed E-state index contributed by atoms with van der Waals surface area (Å²) in [5.74, 6) is 0.883. The average molecular weight is 555 g/mol. The number of aromatic nitrogens is 3. The Morgan fingerprint density at radius 2 is 1.76 bits per heavy atom. The van der Waals surface area contributed by atoms with Gasteiger partial charge in [-0.3, -0.25) is 10.1 Å². The van der Waals surface area contributed by atoms with Gasteiger partial charge >= 0.3 is 6.03 Å². The maximum absolute atomic E-state index is 13.7. The molecule has 2 aromatic heterocycles. The Morgan fingerprint density at radius 1 is 1.02 bits per heavy atom. The molecule has 1 aliphatic heterocycles. The quantitative estimate of drug-likeness (QED) is 0.228. The van der Waals surface area contributed by atoms with Gasteiger partial charge in [-0.1, -0.05) is 55.8 Å². The highest BCUT2D eigenvalue weighted by atomic mass is 16.5. The van der Waals surface area contributed by atoms with E-state index in [0.29, 0.717) is 22.8 Å². The second kappa shape index (κ2) is 11.7. The molecule has 2 amide bonds. The molecule has 2 aromatic carbocycles. The summed E-state index contributed by atoms with van der Waals surface area (Å²) in [6.07, 6.45) is 3.28. The molecule has 9 heteroatoms. The zero-order chi connectivity index (χ0) is 29.1. The zero-order valence-corrected chi connectivity index (χ0v) is 24.3. The predicted octanol–water partition coefficient (Wildman–Crippen LogP) is 6.38. The van der Waals surface area contributed by atoms with Gasteiger partial charge < -0.3 is 15.2 Å². The van der Waals surface area contributed by atoms with Crippen LogP contribution in [0.1, 0.15) is 72.5 Å². The lowest BCUT2D eigenvalue weighted by Crippen LogP contribution is -2.33. The van der Waals surface area contributed by atoms with Crippen LogP contribution in [0.25, 0.3) is 5.69 Å². The van der Waals surface area contributed by atoms with Crippen LogP contribution in [-0.4, -0.2) is 39.8 Å². The largest absolute Gasteiger partial charge is 0.361 e. The van der Waals surface area contributed by atoms with Gasteiger partial charge in [-0.05, 0) is 75.5 Å². The lowest BCUT2D eigenvalue weighted by atomic mass is 9.76. The van der Waals surface area contributed by atoms with Crippen LogP contribution in [0.4, 0.5) is 16.3 Å². The van der Waals surface area contributed by atoms with Crippen LogP contribution in [0.15, 0.2) is 65.3 Å². The molecule has 1 fully saturated rings. The first-order valence-electron chi connectivity index (χ1n) is 14.1. The van der Waals surface area contributed by atoms with Crippen molar-refractivity contribution in [2.24, 2.45) is 5.92 Å². The van der Waals surface area contributed by atoms with Crippen molar-refractivity contribution in [1.82, 2.24) is 20.3 Å². The van der Waals surface area contributed by atoms with Gasteiger partial charge in [0.1, 0.15) is 11.6 Å². The van der Waals surface area contributed by atoms with Crippen molar-refractivity contribution in [3.63, 3.8) is 0 Å². The molecule has 41 heavy (non-hydrogen) atoms. The third-order valence-corrected chi connectivity index (χ3v) is 7.66. The summed E-state index contributed by atoms with van der Waals surface area (Å²) in [4.78, 5) is 27.0. The van der Waals surface area contributed by atoms with Gasteiger partial charge in [0.2, 0.25) is 0 Å². The Bertz CT molecular complexity index is 1520. The van der Waals surface area contributed by atoms with Crippen molar-refractivity contribution in [1.29, 1.82) is 0 Å². The minimum Gasteiger partial charge on any atom is -0.361 e. The number of Topliss-reactive ketones (excluding diaryl/α,β-unsaturated/α-hetero) is 1. The summed E-state index contributed by atoms with van der Waals surface area (Å²) in [6.45, 7) is 11.8. The van der Waals surface area contributed by atoms with E-state index in [9.17, 15) is 9.59 Å². The number of anilines is 2. The van der Waals surface area contributed by atoms with Crippen LogP contribution in [0.2, 0.25) is 0 Å². The fourth-order valence-electron chi connectivity index (χ4n) is 5.33. The van der Waals surface area contributed by atoms with E-state index in [1.807, 2.05) is 61.5 Å². The number of urea groups is 1. The van der Waals surface area contributed by atoms with Gasteiger partial charge in [-0.25, -0.2) is 9.48 Å². The first-order chi connectivity index (χ1) is 19.6. The number of hydrogen-bond donors (Lipinski definition) is 3. The highest BCUT2D eigenvalue weighted by Gasteiger charge is 2.33. The van der Waals surface area contributed by atoms with Crippen LogP contribution >= 0.6 is 0 Å². The van der Waals surface area contributed by atoms with E-state index >= 15 is 0 Å². The van der Waals surface area contributed by atoms with Gasteiger partial charge in [-0.2, -0.15) is 5.10 Å². The van der Waals surface area contributed by atoms with Crippen molar-refractivity contribution in [2.75, 3.05) is 23.7 Å². The van der Waals surface area contributed by atoms with Gasteiger partial charge in [-0.15, -0.1) is 0 Å². The predicted molar refractivity (Wildman–Crippen MR) is 160 cm³/mol. The Hall–Kier alpha value is -4.24. The van der Waals surface area contributed by atoms with Crippen LogP contribution in [0, 0.1) is 19.8 Å². The molecule has 214 valence electrons. The van der Waals surface area contributed by atoms with Gasteiger partial charge in [0.25, 0.3) is 0 Å². The Balaban J connectivity index is 1.40. The summed E-state index contributed by atoms with van der Waals surface area (Å²) in [5, 5.41) is 18.0. The Kier molecular flexibility index (Phi) is 8.08. The Labute approximate surface area is 240 Å². The second-order valence-electron chi connectivity index (χ2n) is 11.8. The third-order valence-electron chi connectivity index (χ3n) is 7.66. The number of ketones is 1. The number of amides is 2. The van der Waals surface area contributed by atoms with E-state index in [2.05, 4.69) is 41.9 Å². The molecular formula is C32H38N6O3. The molecule has 0 bridgehead atoms. The van der Waals surface area contributed by atoms with Crippen molar-refractivity contribution in [3.8, 4) is 5.69 Å². The maximum Gasteiger partial charge on any atom is 0.324 e. The Morgan fingerprint density at radius 3 is 2.41 bits per heavy atom. The fourth-order valence-corrected chi connectivity index (χ4v) is 5.33. The van der Waals surface area contributed by atoms with E-state index in [-0.39, 0.29) is 23.0 Å². The van der Waals surface area contributed by atoms with Crippen LogP contribution < -0.4 is 16.0 Å². The average Bonchev–Trinajstić information content (AvgIpc) is 3.56. The van der Waals surface area contributed by atoms with Crippen molar-refractivity contribution in [3.05, 3.63) is 88.9 Å². The molecule has 1 aliphatic rings. The number of rotatable bonds is 7. The molecule has 1 atom stereocenters. The molecule has 3 N–H and O–H groups in total. The van der Waals surface area contributed by atoms with Gasteiger partial charge in [0.05, 0.1) is 29.1 Å². The highest BCUT2D eigenvalue weighted by molar-refractivity contribution is 6.02. The standard InChI is InChI=1S/C32H38N6O3/c1-20-9-11-25(12-10-20)38-28(18-27(37-38)32(3,4)5)36-31(40)35-24-8-6-7-23(17-24)29(22-13-15-33-16-14-22)30(39)26-19-34-41-21(26)2/h6-12,17-19,22,29,33H,13-16H2,1-5H3,(H2,35,36,40). The zero-order valence-electron chi connectivity index (χ0n) is 24.3. The van der Waals surface area contributed by atoms with E-state index in [1.54, 1.807) is 11.6 Å². The van der Waals surface area contributed by atoms with Gasteiger partial charge in [0, 0.05) is 17.2 Å². The molecule has 5 rings (SSSR count). The van der Waals surface area contributed by atoms with Crippen LogP contribution in [-0.2, 0) is 5.41 Å². The lowest BCUT2D eigenvalue weighted by molar-refractivity contribution is 0.0914. The topological polar surface area (TPSA) is 114 Å². The van der Waals surface area contributed by atoms with Crippen molar-refractivity contribution >= 4 is 23.3 Å². The molecule has 3 heterocycles. The van der Waals surface area contributed by atoms with E-state index < -0.39 is 6.03 Å². The van der Waals surface area contributed by atoms with Crippen molar-refractivity contribution in [2.45, 2.75) is 58.8 Å². The first-order valence-corrected chi connectivity index (χ1v) is 14.1. The lowest BCUT2D eigenvalue weighted by Gasteiger charge is -2.30. The second-order valence-corrected chi connectivity index (χ2v) is 11.8. The van der Waals surface area contributed by atoms with E-state index in [1.165, 1.54) is 6.20 Å². The minimum absolute atomic E-state index is 0.00559. The maximum atomic E-state index is 13.7. The van der Waals surface area contributed by atoms with Crippen LogP contribution in [0.3, 0.4) is 0 Å². The summed E-state index contributed by atoms with van der Waals surface area (Å²) in [7, 11) is 0. The monoisotopic (exact) mass is 554 g/mol. The molecule has 4 aromatic rings. The number of carbonyl (C=O) groups excluding carboxylic acids is 2. The number of hydrogen-bond acceptors (Lipinski definition) is 6. The summed E-state index contributed by atoms with van der Waals surface area (Å²) >= 11 is 0. The first kappa shape index (κ1) is 28.3. The summed E-state index contributed by atoms with van der Waals surface area (Å²) in [5.41, 5.74) is 4.63. The number of nitrogens with one attached hydrogen (secondary N) is 3. The summed E-state index contributed by atoms with van der Waals surface area (Å²) < 4.78 is 6.96. The molecule has 1 unspecified atom stereocenters. The number of piperidine rings is 1. The number of nitrogens with zero attached hydrogens (tertiary/aromatic N) is 3. The van der Waals surface area contributed by atoms with Crippen LogP contribution in [0.5, 0.6) is 0 Å².